The van der Waals surface area contributed by atoms with Gasteiger partial charge in [-0.3, -0.25) is 4.79 Å². The molecule has 2 rings (SSSR count). The average molecular weight is 378 g/mol. The van der Waals surface area contributed by atoms with Crippen LogP contribution in [0.15, 0.2) is 11.4 Å². The predicted molar refractivity (Wildman–Crippen MR) is 84.2 cm³/mol. The van der Waals surface area contributed by atoms with E-state index in [-0.39, 0.29) is 5.91 Å². The minimum atomic E-state index is 0.195. The van der Waals surface area contributed by atoms with E-state index in [0.717, 1.165) is 31.5 Å². The first-order valence-corrected chi connectivity index (χ1v) is 8.39. The first kappa shape index (κ1) is 14.3. The van der Waals surface area contributed by atoms with Crippen LogP contribution in [0, 0.1) is 2.88 Å². The molecule has 2 heterocycles. The lowest BCUT2D eigenvalue weighted by atomic mass is 10.0. The maximum atomic E-state index is 12.5. The molecule has 0 spiro atoms. The van der Waals surface area contributed by atoms with Gasteiger partial charge < -0.3 is 10.2 Å². The molecule has 1 aromatic rings. The monoisotopic (exact) mass is 378 g/mol. The molecule has 1 amide bonds. The van der Waals surface area contributed by atoms with Crippen LogP contribution in [0.25, 0.3) is 0 Å². The summed E-state index contributed by atoms with van der Waals surface area (Å²) in [7, 11) is 0. The van der Waals surface area contributed by atoms with E-state index in [1.54, 1.807) is 11.3 Å². The van der Waals surface area contributed by atoms with E-state index in [4.69, 9.17) is 0 Å². The fourth-order valence-electron chi connectivity index (χ4n) is 2.34. The molecular formula is C13H19IN2OS. The second-order valence-corrected chi connectivity index (χ2v) is 7.48. The average Bonchev–Trinajstić information content (AvgIpc) is 2.83. The molecule has 1 aliphatic heterocycles. The van der Waals surface area contributed by atoms with Crippen molar-refractivity contribution in [1.82, 2.24) is 10.2 Å². The van der Waals surface area contributed by atoms with Gasteiger partial charge in [0.1, 0.15) is 0 Å². The van der Waals surface area contributed by atoms with Gasteiger partial charge in [0.15, 0.2) is 0 Å². The number of thiophene rings is 1. The highest BCUT2D eigenvalue weighted by molar-refractivity contribution is 14.1. The zero-order chi connectivity index (χ0) is 13.1. The number of hydrogen-bond donors (Lipinski definition) is 1. The second kappa shape index (κ2) is 6.34. The summed E-state index contributed by atoms with van der Waals surface area (Å²) in [5, 5.41) is 5.49. The lowest BCUT2D eigenvalue weighted by Crippen LogP contribution is -2.57. The summed E-state index contributed by atoms with van der Waals surface area (Å²) in [5.41, 5.74) is 0.847. The Hall–Kier alpha value is -0.140. The molecule has 3 nitrogen and oxygen atoms in total. The Bertz CT molecular complexity index is 421. The van der Waals surface area contributed by atoms with Crippen molar-refractivity contribution in [1.29, 1.82) is 0 Å². The molecule has 0 aliphatic carbocycles. The van der Waals surface area contributed by atoms with Gasteiger partial charge in [-0.15, -0.1) is 11.3 Å². The Morgan fingerprint density at radius 3 is 2.89 bits per heavy atom. The quantitative estimate of drug-likeness (QED) is 0.821. The van der Waals surface area contributed by atoms with E-state index >= 15 is 0 Å². The molecule has 1 N–H and O–H groups in total. The number of halogens is 1. The van der Waals surface area contributed by atoms with Crippen LogP contribution in [0.3, 0.4) is 0 Å². The molecule has 100 valence electrons. The topological polar surface area (TPSA) is 32.3 Å². The largest absolute Gasteiger partial charge is 0.333 e. The first-order chi connectivity index (χ1) is 8.65. The van der Waals surface area contributed by atoms with Crippen LogP contribution >= 0.6 is 33.9 Å². The Balaban J connectivity index is 2.14. The van der Waals surface area contributed by atoms with Crippen molar-refractivity contribution in [2.75, 3.05) is 13.1 Å². The number of rotatable bonds is 3. The molecule has 2 unspecified atom stereocenters. The van der Waals surface area contributed by atoms with E-state index < -0.39 is 0 Å². The molecule has 1 aromatic heterocycles. The van der Waals surface area contributed by atoms with Gasteiger partial charge in [-0.1, -0.05) is 13.8 Å². The van der Waals surface area contributed by atoms with Gasteiger partial charge in [0.2, 0.25) is 0 Å². The van der Waals surface area contributed by atoms with Crippen LogP contribution < -0.4 is 5.32 Å². The normalized spacial score (nSPS) is 24.3. The molecule has 5 heteroatoms. The summed E-state index contributed by atoms with van der Waals surface area (Å²) < 4.78 is 1.17. The zero-order valence-corrected chi connectivity index (χ0v) is 13.8. The molecule has 1 aliphatic rings. The lowest BCUT2D eigenvalue weighted by molar-refractivity contribution is 0.0576. The number of nitrogens with one attached hydrogen (secondary N) is 1. The van der Waals surface area contributed by atoms with Crippen molar-refractivity contribution >= 4 is 39.8 Å². The lowest BCUT2D eigenvalue weighted by Gasteiger charge is -2.39. The number of carbonyl (C=O) groups excluding carboxylic acids is 1. The molecule has 0 radical (unpaired) electrons. The summed E-state index contributed by atoms with van der Waals surface area (Å²) in [4.78, 5) is 14.6. The van der Waals surface area contributed by atoms with E-state index in [0.29, 0.717) is 12.1 Å². The Kier molecular flexibility index (Phi) is 5.03. The van der Waals surface area contributed by atoms with Gasteiger partial charge in [-0.25, -0.2) is 0 Å². The van der Waals surface area contributed by atoms with E-state index in [9.17, 15) is 4.79 Å². The van der Waals surface area contributed by atoms with Crippen LogP contribution in [0.1, 0.15) is 37.0 Å². The number of piperazine rings is 1. The Morgan fingerprint density at radius 1 is 1.56 bits per heavy atom. The minimum absolute atomic E-state index is 0.195. The molecule has 0 saturated carbocycles. The highest BCUT2D eigenvalue weighted by Crippen LogP contribution is 2.21. The summed E-state index contributed by atoms with van der Waals surface area (Å²) >= 11 is 3.90. The van der Waals surface area contributed by atoms with Crippen molar-refractivity contribution in [2.45, 2.75) is 38.8 Å². The van der Waals surface area contributed by atoms with Crippen LogP contribution in [-0.2, 0) is 0 Å². The standard InChI is InChI=1S/C13H19IN2OS/c1-3-10-7-16(11(4-2)6-15-10)13(17)9-5-12(14)18-8-9/h5,8,10-11,15H,3-4,6-7H2,1-2H3. The van der Waals surface area contributed by atoms with E-state index in [2.05, 4.69) is 46.7 Å². The van der Waals surface area contributed by atoms with Crippen molar-refractivity contribution in [3.8, 4) is 0 Å². The van der Waals surface area contributed by atoms with Crippen LogP contribution in [0.5, 0.6) is 0 Å². The second-order valence-electron chi connectivity index (χ2n) is 4.67. The van der Waals surface area contributed by atoms with E-state index in [1.165, 1.54) is 2.88 Å². The summed E-state index contributed by atoms with van der Waals surface area (Å²) in [6, 6.07) is 2.76. The molecule has 0 aromatic carbocycles. The zero-order valence-electron chi connectivity index (χ0n) is 10.8. The number of amides is 1. The third-order valence-corrected chi connectivity index (χ3v) is 5.33. The van der Waals surface area contributed by atoms with E-state index in [1.807, 2.05) is 11.4 Å². The molecule has 0 bridgehead atoms. The SMILES string of the molecule is CCC1CN(C(=O)c2csc(I)c2)C(CC)CN1. The molecule has 2 atom stereocenters. The van der Waals surface area contributed by atoms with Crippen LogP contribution in [-0.4, -0.2) is 36.0 Å². The van der Waals surface area contributed by atoms with Gasteiger partial charge in [0.25, 0.3) is 5.91 Å². The third kappa shape index (κ3) is 3.05. The Labute approximate surface area is 126 Å². The van der Waals surface area contributed by atoms with Crippen molar-refractivity contribution in [3.05, 3.63) is 19.9 Å². The summed E-state index contributed by atoms with van der Waals surface area (Å²) in [5.74, 6) is 0.195. The fourth-order valence-corrected chi connectivity index (χ4v) is 3.66. The maximum Gasteiger partial charge on any atom is 0.255 e. The summed E-state index contributed by atoms with van der Waals surface area (Å²) in [6.07, 6.45) is 2.08. The molecular weight excluding hydrogens is 359 g/mol. The number of nitrogens with zero attached hydrogens (tertiary/aromatic N) is 1. The third-order valence-electron chi connectivity index (χ3n) is 3.54. The van der Waals surface area contributed by atoms with Gasteiger partial charge in [0, 0.05) is 30.6 Å². The molecule has 1 saturated heterocycles. The Morgan fingerprint density at radius 2 is 2.33 bits per heavy atom. The van der Waals surface area contributed by atoms with Gasteiger partial charge in [-0.05, 0) is 41.5 Å². The number of hydrogen-bond acceptors (Lipinski definition) is 3. The van der Waals surface area contributed by atoms with Crippen LogP contribution in [0.2, 0.25) is 0 Å². The first-order valence-electron chi connectivity index (χ1n) is 6.44. The fraction of sp³-hybridized carbons (Fsp3) is 0.615. The predicted octanol–water partition coefficient (Wildman–Crippen LogP) is 2.96. The summed E-state index contributed by atoms with van der Waals surface area (Å²) in [6.45, 7) is 6.07. The van der Waals surface area contributed by atoms with Crippen molar-refractivity contribution in [3.63, 3.8) is 0 Å². The smallest absolute Gasteiger partial charge is 0.255 e. The van der Waals surface area contributed by atoms with Crippen LogP contribution in [0.4, 0.5) is 0 Å². The van der Waals surface area contributed by atoms with Crippen molar-refractivity contribution in [2.24, 2.45) is 0 Å². The highest BCUT2D eigenvalue weighted by Gasteiger charge is 2.30. The van der Waals surface area contributed by atoms with Gasteiger partial charge in [0.05, 0.1) is 8.45 Å². The maximum absolute atomic E-state index is 12.5. The van der Waals surface area contributed by atoms with Gasteiger partial charge in [-0.2, -0.15) is 0 Å². The van der Waals surface area contributed by atoms with Gasteiger partial charge >= 0.3 is 0 Å². The molecule has 18 heavy (non-hydrogen) atoms. The highest BCUT2D eigenvalue weighted by atomic mass is 127. The minimum Gasteiger partial charge on any atom is -0.333 e. The van der Waals surface area contributed by atoms with Crippen molar-refractivity contribution < 1.29 is 4.79 Å². The molecule has 1 fully saturated rings. The number of carbonyl (C=O) groups is 1.